The summed E-state index contributed by atoms with van der Waals surface area (Å²) in [7, 11) is -0.828. The average Bonchev–Trinajstić information content (AvgIpc) is 2.83. The van der Waals surface area contributed by atoms with E-state index in [0.717, 1.165) is 4.31 Å². The molecule has 32 heavy (non-hydrogen) atoms. The number of nitriles is 1. The number of nitrogens with zero attached hydrogens (tertiary/aromatic N) is 2. The Kier molecular flexibility index (Phi) is 6.97. The van der Waals surface area contributed by atoms with Gasteiger partial charge in [0.05, 0.1) is 29.3 Å². The number of carbonyl (C=O) groups excluding carboxylic acids is 1. The second-order valence-electron chi connectivity index (χ2n) is 6.54. The lowest BCUT2D eigenvalue weighted by Crippen LogP contribution is -2.26. The molecule has 0 N–H and O–H groups in total. The van der Waals surface area contributed by atoms with Crippen LogP contribution in [0.3, 0.4) is 0 Å². The van der Waals surface area contributed by atoms with Crippen LogP contribution < -0.4 is 18.5 Å². The minimum absolute atomic E-state index is 0.122. The molecule has 0 saturated carbocycles. The number of hydrogen-bond acceptors (Lipinski definition) is 7. The van der Waals surface area contributed by atoms with Crippen molar-refractivity contribution in [2.45, 2.75) is 4.90 Å². The first-order chi connectivity index (χ1) is 15.3. The van der Waals surface area contributed by atoms with Crippen LogP contribution in [0.25, 0.3) is 0 Å². The minimum atomic E-state index is -3.77. The molecule has 164 valence electrons. The van der Waals surface area contributed by atoms with E-state index in [-0.39, 0.29) is 17.3 Å². The van der Waals surface area contributed by atoms with E-state index in [9.17, 15) is 13.2 Å². The van der Waals surface area contributed by atoms with E-state index in [1.807, 2.05) is 6.07 Å². The summed E-state index contributed by atoms with van der Waals surface area (Å²) in [5, 5.41) is 8.78. The molecule has 3 rings (SSSR count). The molecule has 0 heterocycles. The number of methoxy groups -OCH3 is 1. The Morgan fingerprint density at radius 1 is 0.906 bits per heavy atom. The van der Waals surface area contributed by atoms with E-state index in [4.69, 9.17) is 19.5 Å². The number of hydrogen-bond donors (Lipinski definition) is 0. The van der Waals surface area contributed by atoms with E-state index >= 15 is 0 Å². The molecule has 3 aromatic carbocycles. The van der Waals surface area contributed by atoms with Crippen molar-refractivity contribution in [1.82, 2.24) is 0 Å². The topological polar surface area (TPSA) is 106 Å². The third-order valence-electron chi connectivity index (χ3n) is 4.49. The first kappa shape index (κ1) is 22.7. The van der Waals surface area contributed by atoms with Crippen LogP contribution >= 0.6 is 0 Å². The normalized spacial score (nSPS) is 10.7. The number of anilines is 1. The molecule has 0 aliphatic heterocycles. The van der Waals surface area contributed by atoms with Crippen molar-refractivity contribution in [1.29, 1.82) is 5.26 Å². The Morgan fingerprint density at radius 2 is 1.47 bits per heavy atom. The Bertz CT molecular complexity index is 1220. The van der Waals surface area contributed by atoms with Crippen molar-refractivity contribution in [3.8, 4) is 23.3 Å². The van der Waals surface area contributed by atoms with E-state index < -0.39 is 16.0 Å². The summed E-state index contributed by atoms with van der Waals surface area (Å²) in [6.45, 7) is -0.320. The van der Waals surface area contributed by atoms with Gasteiger partial charge in [0.2, 0.25) is 0 Å². The summed E-state index contributed by atoms with van der Waals surface area (Å²) in [6.07, 6.45) is 0. The molecule has 0 amide bonds. The van der Waals surface area contributed by atoms with Crippen LogP contribution in [0.5, 0.6) is 17.2 Å². The van der Waals surface area contributed by atoms with Crippen LogP contribution in [0.4, 0.5) is 5.69 Å². The highest BCUT2D eigenvalue weighted by molar-refractivity contribution is 7.92. The lowest BCUT2D eigenvalue weighted by atomic mass is 10.2. The monoisotopic (exact) mass is 452 g/mol. The van der Waals surface area contributed by atoms with Crippen LogP contribution in [0.2, 0.25) is 0 Å². The van der Waals surface area contributed by atoms with Crippen LogP contribution in [-0.4, -0.2) is 35.2 Å². The van der Waals surface area contributed by atoms with Gasteiger partial charge in [0, 0.05) is 7.05 Å². The highest BCUT2D eigenvalue weighted by atomic mass is 32.2. The third kappa shape index (κ3) is 5.36. The largest absolute Gasteiger partial charge is 0.497 e. The Labute approximate surface area is 186 Å². The SMILES string of the molecule is COc1ccc(S(=O)(=O)N(C)c2ccc(OC(=O)COc3ccc(C#N)cc3)cc2)cc1. The van der Waals surface area contributed by atoms with Gasteiger partial charge in [-0.05, 0) is 72.8 Å². The van der Waals surface area contributed by atoms with Gasteiger partial charge in [-0.15, -0.1) is 0 Å². The van der Waals surface area contributed by atoms with Crippen molar-refractivity contribution in [2.75, 3.05) is 25.1 Å². The fourth-order valence-electron chi connectivity index (χ4n) is 2.70. The van der Waals surface area contributed by atoms with E-state index in [1.54, 1.807) is 36.4 Å². The smallest absolute Gasteiger partial charge is 0.349 e. The molecule has 0 unspecified atom stereocenters. The molecule has 0 aliphatic rings. The Hall–Kier alpha value is -4.03. The first-order valence-electron chi connectivity index (χ1n) is 9.40. The van der Waals surface area contributed by atoms with Gasteiger partial charge in [0.1, 0.15) is 17.2 Å². The average molecular weight is 452 g/mol. The predicted molar refractivity (Wildman–Crippen MR) is 117 cm³/mol. The maximum Gasteiger partial charge on any atom is 0.349 e. The van der Waals surface area contributed by atoms with Crippen molar-refractivity contribution in [3.63, 3.8) is 0 Å². The highest BCUT2D eigenvalue weighted by Gasteiger charge is 2.21. The minimum Gasteiger partial charge on any atom is -0.497 e. The summed E-state index contributed by atoms with van der Waals surface area (Å²) in [4.78, 5) is 12.1. The molecule has 0 aliphatic carbocycles. The van der Waals surface area contributed by atoms with Gasteiger partial charge < -0.3 is 14.2 Å². The molecule has 0 fully saturated rings. The standard InChI is InChI=1S/C23H20N2O6S/c1-25(32(27,28)22-13-11-19(29-2)12-14-22)18-5-9-21(10-6-18)31-23(26)16-30-20-7-3-17(15-24)4-8-20/h3-14H,16H2,1-2H3. The van der Waals surface area contributed by atoms with Crippen LogP contribution in [-0.2, 0) is 14.8 Å². The number of benzene rings is 3. The molecule has 0 bridgehead atoms. The summed E-state index contributed by atoms with van der Waals surface area (Å²) < 4.78 is 42.4. The predicted octanol–water partition coefficient (Wildman–Crippen LogP) is 3.38. The second kappa shape index (κ2) is 9.85. The van der Waals surface area contributed by atoms with Gasteiger partial charge in [-0.25, -0.2) is 13.2 Å². The van der Waals surface area contributed by atoms with Crippen LogP contribution in [0, 0.1) is 11.3 Å². The van der Waals surface area contributed by atoms with E-state index in [0.29, 0.717) is 22.7 Å². The summed E-state index contributed by atoms with van der Waals surface area (Å²) >= 11 is 0. The maximum atomic E-state index is 12.8. The molecule has 3 aromatic rings. The molecule has 0 saturated heterocycles. The molecular formula is C23H20N2O6S. The zero-order chi connectivity index (χ0) is 23.1. The van der Waals surface area contributed by atoms with E-state index in [1.165, 1.54) is 50.6 Å². The molecule has 9 heteroatoms. The van der Waals surface area contributed by atoms with Gasteiger partial charge in [-0.2, -0.15) is 5.26 Å². The summed E-state index contributed by atoms with van der Waals surface area (Å²) in [6, 6.07) is 20.5. The van der Waals surface area contributed by atoms with Crippen molar-refractivity contribution in [3.05, 3.63) is 78.4 Å². The molecule has 0 spiro atoms. The van der Waals surface area contributed by atoms with E-state index in [2.05, 4.69) is 0 Å². The maximum absolute atomic E-state index is 12.8. The van der Waals surface area contributed by atoms with Crippen molar-refractivity contribution < 1.29 is 27.4 Å². The van der Waals surface area contributed by atoms with Crippen molar-refractivity contribution >= 4 is 21.7 Å². The van der Waals surface area contributed by atoms with Gasteiger partial charge in [0.25, 0.3) is 10.0 Å². The van der Waals surface area contributed by atoms with Gasteiger partial charge >= 0.3 is 5.97 Å². The molecular weight excluding hydrogens is 432 g/mol. The van der Waals surface area contributed by atoms with Crippen LogP contribution in [0.15, 0.2) is 77.7 Å². The zero-order valence-corrected chi connectivity index (χ0v) is 18.2. The number of rotatable bonds is 8. The Morgan fingerprint density at radius 3 is 2.03 bits per heavy atom. The van der Waals surface area contributed by atoms with Gasteiger partial charge in [-0.3, -0.25) is 4.31 Å². The molecule has 8 nitrogen and oxygen atoms in total. The lowest BCUT2D eigenvalue weighted by molar-refractivity contribution is -0.136. The van der Waals surface area contributed by atoms with Gasteiger partial charge in [0.15, 0.2) is 6.61 Å². The number of sulfonamides is 1. The quantitative estimate of drug-likeness (QED) is 0.381. The number of carbonyl (C=O) groups is 1. The summed E-state index contributed by atoms with van der Waals surface area (Å²) in [5.41, 5.74) is 0.883. The van der Waals surface area contributed by atoms with Crippen molar-refractivity contribution in [2.24, 2.45) is 0 Å². The Balaban J connectivity index is 1.60. The number of ether oxygens (including phenoxy) is 3. The third-order valence-corrected chi connectivity index (χ3v) is 6.29. The van der Waals surface area contributed by atoms with Crippen LogP contribution in [0.1, 0.15) is 5.56 Å². The zero-order valence-electron chi connectivity index (χ0n) is 17.4. The lowest BCUT2D eigenvalue weighted by Gasteiger charge is -2.20. The fraction of sp³-hybridized carbons (Fsp3) is 0.130. The summed E-state index contributed by atoms with van der Waals surface area (Å²) in [5.74, 6) is 0.612. The number of esters is 1. The highest BCUT2D eigenvalue weighted by Crippen LogP contribution is 2.25. The van der Waals surface area contributed by atoms with Gasteiger partial charge in [-0.1, -0.05) is 0 Å². The molecule has 0 atom stereocenters. The molecule has 0 aromatic heterocycles. The fourth-order valence-corrected chi connectivity index (χ4v) is 3.89. The first-order valence-corrected chi connectivity index (χ1v) is 10.8. The molecule has 0 radical (unpaired) electrons. The second-order valence-corrected chi connectivity index (χ2v) is 8.51.